The van der Waals surface area contributed by atoms with Crippen molar-refractivity contribution in [3.63, 3.8) is 0 Å². The molecule has 58 heteroatoms. The molecule has 117 heavy (non-hydrogen) atoms. The van der Waals surface area contributed by atoms with Crippen molar-refractivity contribution in [2.45, 2.75) is 177 Å². The first-order chi connectivity index (χ1) is 55.1. The number of nitrogens with one attached hydrogen (secondary N) is 4. The number of phosphoric acid groups is 5. The van der Waals surface area contributed by atoms with Gasteiger partial charge in [-0.25, -0.2) is 61.7 Å². The van der Waals surface area contributed by atoms with Gasteiger partial charge in [-0.05, 0) is 33.8 Å². The Labute approximate surface area is 651 Å². The second kappa shape index (κ2) is 34.6. The molecular weight excluding hydrogens is 1680 g/mol. The fourth-order valence-electron chi connectivity index (χ4n) is 13.5. The van der Waals surface area contributed by atoms with Gasteiger partial charge in [-0.2, -0.15) is 4.98 Å². The molecule has 0 bridgehead atoms. The molecule has 13 heterocycles. The summed E-state index contributed by atoms with van der Waals surface area (Å²) < 4.78 is 166. The molecule has 6 fully saturated rings. The summed E-state index contributed by atoms with van der Waals surface area (Å²) in [6.45, 7) is -0.623. The summed E-state index contributed by atoms with van der Waals surface area (Å²) in [4.78, 5) is 195. The van der Waals surface area contributed by atoms with E-state index in [0.717, 1.165) is 54.0 Å². The van der Waals surface area contributed by atoms with Gasteiger partial charge in [0.05, 0.1) is 52.1 Å². The van der Waals surface area contributed by atoms with E-state index in [1.54, 1.807) is 0 Å². The molecule has 53 nitrogen and oxygen atoms in total. The Hall–Kier alpha value is -8.02. The van der Waals surface area contributed by atoms with Crippen LogP contribution in [0.3, 0.4) is 0 Å². The largest absolute Gasteiger partial charge is 0.472 e. The van der Waals surface area contributed by atoms with Crippen molar-refractivity contribution in [1.82, 2.24) is 67.3 Å². The lowest BCUT2D eigenvalue weighted by Crippen LogP contribution is -2.33. The molecule has 6 aliphatic rings. The Bertz CT molecular complexity index is 5730. The normalized spacial score (nSPS) is 30.0. The van der Waals surface area contributed by atoms with Crippen molar-refractivity contribution in [2.24, 2.45) is 0 Å². The SMILES string of the molecule is Cc1cn([C@H]2C[C@H](OP(=O)(O)OC[C@H]3O[C@@H](n4ccc(N)nc4=O)C[C@@H]3OP(=O)(O)OC[C@H]3O[C@@H](n4cc(C)c(=O)[nH]c4=O)C[C@@H]3OP(=O)(O)OC[C@H]3O[C@@H](n4cnc5c(N)ncnc54)C[C@@H]3OP(=O)(O)OC[C@H]3O[C@@H](n4cc(C)c(=O)[nH]c4=O)C[C@@H]3OP(=O)(O)OC[C@H]3O[C@@H](n4cc(C)c(=O)[nH]c4=O)C[C@@H]3O)[C@@H](CO)O2)c(=O)[nH]c1=O. The molecule has 7 aromatic rings. The van der Waals surface area contributed by atoms with Gasteiger partial charge in [0.15, 0.2) is 11.5 Å². The lowest BCUT2D eigenvalue weighted by Gasteiger charge is -2.26. The van der Waals surface area contributed by atoms with Crippen LogP contribution >= 0.6 is 39.1 Å². The zero-order valence-corrected chi connectivity index (χ0v) is 65.7. The number of nitrogens with two attached hydrogens (primary N) is 2. The zero-order valence-electron chi connectivity index (χ0n) is 61.2. The number of aromatic nitrogens is 14. The molecule has 0 spiro atoms. The van der Waals surface area contributed by atoms with Crippen LogP contribution in [0, 0.1) is 27.7 Å². The number of aromatic amines is 4. The monoisotopic (exact) mass is 1760 g/mol. The smallest absolute Gasteiger partial charge is 0.394 e. The Morgan fingerprint density at radius 3 is 1.07 bits per heavy atom. The highest BCUT2D eigenvalue weighted by molar-refractivity contribution is 7.48. The molecule has 0 radical (unpaired) electrons. The lowest BCUT2D eigenvalue weighted by molar-refractivity contribution is -0.0653. The minimum atomic E-state index is -5.65. The zero-order chi connectivity index (χ0) is 84.3. The Morgan fingerprint density at radius 2 is 0.726 bits per heavy atom. The molecule has 0 amide bonds. The molecule has 23 atom stereocenters. The topological polar surface area (TPSA) is 725 Å². The number of phosphoric ester groups is 5. The van der Waals surface area contributed by atoms with Gasteiger partial charge in [0.1, 0.15) is 122 Å². The molecule has 6 aliphatic heterocycles. The standard InChI is InChI=1S/C59H77N16O37P5/c1-25-13-71(56(83)66-51(25)78)42-7-29(77)36(103-42)18-97-113(87,88)110-32-10-45(73-15-27(3)53(80)68-58(73)85)105-38(32)20-100-117(95,96)112-34-12-47(75-24-64-48-49(61)62-23-63-50(48)75)107-40(34)22-101-116(93,94)111-33-11-46(74-16-28(4)54(81)69-59(74)86)106-39(33)21-99-115(91,92)109-31-9-43(70-6-5-41(60)65-55(70)82)104-37(31)19-98-114(89,90)108-30-8-44(102-35(30)17-76)72-14-26(2)52(79)67-57(72)84/h5-6,13-16,23-24,29-40,42-47,76-77H,7-12,17-22H2,1-4H3,(H,87,88)(H,89,90)(H,91,92)(H,93,94)(H,95,96)(H2,60,65,82)(H2,61,62,63)(H,66,78,83)(H,67,79,84)(H,68,80,85)(H,69,81,86)/t29-,30-,31-,32-,33-,34-,35+,36+,37+,38+,39+,40+,42+,43+,44+,45+,46+,47+/m0/s1. The number of aliphatic hydroxyl groups is 2. The number of aliphatic hydroxyl groups excluding tert-OH is 2. The van der Waals surface area contributed by atoms with Crippen LogP contribution < -0.4 is 62.2 Å². The molecule has 6 saturated heterocycles. The maximum absolute atomic E-state index is 14.4. The molecular formula is C59H77N16O37P5. The number of hydrogen-bond acceptors (Lipinski definition) is 38. The van der Waals surface area contributed by atoms with Gasteiger partial charge in [-0.3, -0.25) is 112 Å². The van der Waals surface area contributed by atoms with Crippen LogP contribution in [0.2, 0.25) is 0 Å². The lowest BCUT2D eigenvalue weighted by atomic mass is 10.2. The molecule has 0 saturated carbocycles. The first-order valence-electron chi connectivity index (χ1n) is 35.1. The van der Waals surface area contributed by atoms with E-state index in [2.05, 4.69) is 39.9 Å². The van der Waals surface area contributed by atoms with E-state index in [1.807, 2.05) is 0 Å². The summed E-state index contributed by atoms with van der Waals surface area (Å²) in [5.41, 5.74) is 4.09. The van der Waals surface area contributed by atoms with Crippen molar-refractivity contribution < 1.29 is 131 Å². The van der Waals surface area contributed by atoms with Crippen molar-refractivity contribution in [1.29, 1.82) is 0 Å². The van der Waals surface area contributed by atoms with Gasteiger partial charge in [0.2, 0.25) is 0 Å². The van der Waals surface area contributed by atoms with Crippen molar-refractivity contribution in [3.05, 3.63) is 166 Å². The molecule has 5 unspecified atom stereocenters. The maximum atomic E-state index is 14.4. The van der Waals surface area contributed by atoms with Gasteiger partial charge in [0.25, 0.3) is 22.2 Å². The number of hydrogen-bond donors (Lipinski definition) is 13. The van der Waals surface area contributed by atoms with E-state index in [-0.39, 0.29) is 57.9 Å². The summed E-state index contributed by atoms with van der Waals surface area (Å²) in [7, 11) is -27.5. The second-order valence-corrected chi connectivity index (χ2v) is 34.6. The van der Waals surface area contributed by atoms with Gasteiger partial charge in [-0.1, -0.05) is 0 Å². The first-order valence-corrected chi connectivity index (χ1v) is 42.6. The van der Waals surface area contributed by atoms with Crippen LogP contribution in [0.1, 0.15) is 98.1 Å². The highest BCUT2D eigenvalue weighted by atomic mass is 31.2. The van der Waals surface area contributed by atoms with Gasteiger partial charge in [-0.15, -0.1) is 0 Å². The number of ether oxygens (including phenoxy) is 6. The number of nitrogens with zero attached hydrogens (tertiary/aromatic N) is 10. The predicted octanol–water partition coefficient (Wildman–Crippen LogP) is -2.73. The first kappa shape index (κ1) is 86.8. The fourth-order valence-corrected chi connectivity index (χ4v) is 18.3. The highest BCUT2D eigenvalue weighted by Crippen LogP contribution is 2.56. The third-order valence-electron chi connectivity index (χ3n) is 19.3. The molecule has 15 N–H and O–H groups in total. The quantitative estimate of drug-likeness (QED) is 0.0190. The van der Waals surface area contributed by atoms with E-state index in [0.29, 0.717) is 0 Å². The third kappa shape index (κ3) is 20.2. The van der Waals surface area contributed by atoms with E-state index >= 15 is 0 Å². The van der Waals surface area contributed by atoms with E-state index in [9.17, 15) is 101 Å². The summed E-state index contributed by atoms with van der Waals surface area (Å²) in [5, 5.41) is 21.0. The number of aryl methyl sites for hydroxylation is 4. The van der Waals surface area contributed by atoms with Crippen molar-refractivity contribution in [3.8, 4) is 0 Å². The molecule has 7 aromatic heterocycles. The van der Waals surface area contributed by atoms with E-state index < -0.39 is 266 Å². The minimum absolute atomic E-state index is 0.00610. The number of fused-ring (bicyclic) bond motifs is 1. The molecule has 640 valence electrons. The summed E-state index contributed by atoms with van der Waals surface area (Å²) in [6, 6.07) is 1.19. The number of imidazole rings is 1. The number of nitrogen functional groups attached to an aromatic ring is 2. The average Bonchev–Trinajstić information content (AvgIpc) is 1.64. The summed E-state index contributed by atoms with van der Waals surface area (Å²) >= 11 is 0. The van der Waals surface area contributed by atoms with Crippen molar-refractivity contribution in [2.75, 3.05) is 51.1 Å². The molecule has 0 aliphatic carbocycles. The second-order valence-electron chi connectivity index (χ2n) is 27.5. The maximum Gasteiger partial charge on any atom is 0.472 e. The molecule has 13 rings (SSSR count). The fraction of sp³-hybridized carbons (Fsp3) is 0.576. The van der Waals surface area contributed by atoms with Crippen LogP contribution in [0.4, 0.5) is 11.6 Å². The number of rotatable bonds is 32. The van der Waals surface area contributed by atoms with Crippen LogP contribution in [-0.4, -0.2) is 215 Å². The Kier molecular flexibility index (Phi) is 25.7. The van der Waals surface area contributed by atoms with Gasteiger partial charge < -0.3 is 74.6 Å². The van der Waals surface area contributed by atoms with Crippen molar-refractivity contribution >= 4 is 61.9 Å². The Morgan fingerprint density at radius 1 is 0.427 bits per heavy atom. The minimum Gasteiger partial charge on any atom is -0.394 e. The van der Waals surface area contributed by atoms with Crippen LogP contribution in [-0.2, 0) is 96.5 Å². The number of H-pyrrole nitrogens is 4. The van der Waals surface area contributed by atoms with Gasteiger partial charge in [0, 0.05) is 91.8 Å². The summed E-state index contributed by atoms with van der Waals surface area (Å²) in [5.74, 6) is -0.320. The molecule has 0 aromatic carbocycles. The van der Waals surface area contributed by atoms with E-state index in [4.69, 9.17) is 85.1 Å². The van der Waals surface area contributed by atoms with Crippen LogP contribution in [0.25, 0.3) is 11.2 Å². The number of anilines is 2. The van der Waals surface area contributed by atoms with Gasteiger partial charge >= 0.3 is 67.6 Å². The van der Waals surface area contributed by atoms with Crippen LogP contribution in [0.15, 0.2) is 92.9 Å². The predicted molar refractivity (Wildman–Crippen MR) is 384 cm³/mol. The average molecular weight is 1760 g/mol. The van der Waals surface area contributed by atoms with E-state index in [1.165, 1.54) is 50.9 Å². The highest BCUT2D eigenvalue weighted by Gasteiger charge is 2.51. The third-order valence-corrected chi connectivity index (χ3v) is 24.4. The van der Waals surface area contributed by atoms with Crippen LogP contribution in [0.5, 0.6) is 0 Å². The summed E-state index contributed by atoms with van der Waals surface area (Å²) in [6.07, 6.45) is -22.8. The Balaban J connectivity index is 0.698.